The van der Waals surface area contributed by atoms with Crippen molar-refractivity contribution in [2.75, 3.05) is 44.8 Å². The Labute approximate surface area is 242 Å². The predicted molar refractivity (Wildman–Crippen MR) is 153 cm³/mol. The number of imidazole rings is 1. The second-order valence-corrected chi connectivity index (χ2v) is 10.4. The Kier molecular flexibility index (Phi) is 7.99. The summed E-state index contributed by atoms with van der Waals surface area (Å²) in [5.41, 5.74) is 2.89. The van der Waals surface area contributed by atoms with E-state index in [-0.39, 0.29) is 24.2 Å². The molecule has 6 rings (SSSR count). The molecule has 2 aromatic heterocycles. The molecular weight excluding hydrogens is 539 g/mol. The van der Waals surface area contributed by atoms with Crippen molar-refractivity contribution in [1.29, 1.82) is 5.26 Å². The van der Waals surface area contributed by atoms with Crippen molar-refractivity contribution < 1.29 is 23.4 Å². The molecule has 1 atom stereocenters. The minimum Gasteiger partial charge on any atom is -0.473 e. The number of esters is 1. The smallest absolute Gasteiger partial charge is 0.337 e. The number of aromatic nitrogens is 3. The Hall–Kier alpha value is -4.53. The maximum absolute atomic E-state index is 14.2. The van der Waals surface area contributed by atoms with Crippen LogP contribution in [0.5, 0.6) is 5.88 Å². The molecule has 0 N–H and O–H groups in total. The van der Waals surface area contributed by atoms with Crippen LogP contribution in [0.25, 0.3) is 11.0 Å². The van der Waals surface area contributed by atoms with Crippen LogP contribution < -0.4 is 9.64 Å². The highest BCUT2D eigenvalue weighted by molar-refractivity contribution is 5.93. The molecular formula is C31H31FN6O4. The fraction of sp³-hybridized carbons (Fsp3) is 0.355. The number of hydrogen-bond donors (Lipinski definition) is 0. The molecule has 0 spiro atoms. The van der Waals surface area contributed by atoms with E-state index in [0.29, 0.717) is 30.1 Å². The first-order valence-electron chi connectivity index (χ1n) is 14.0. The average molecular weight is 571 g/mol. The van der Waals surface area contributed by atoms with Gasteiger partial charge in [0.1, 0.15) is 24.1 Å². The van der Waals surface area contributed by atoms with Gasteiger partial charge in [-0.2, -0.15) is 10.2 Å². The quantitative estimate of drug-likeness (QED) is 0.277. The molecule has 2 aromatic carbocycles. The summed E-state index contributed by atoms with van der Waals surface area (Å²) in [6.45, 7) is 5.36. The molecule has 2 fully saturated rings. The summed E-state index contributed by atoms with van der Waals surface area (Å²) < 4.78 is 32.8. The van der Waals surface area contributed by atoms with Crippen LogP contribution in [0.4, 0.5) is 10.2 Å². The molecule has 0 bridgehead atoms. The zero-order valence-corrected chi connectivity index (χ0v) is 23.3. The molecule has 0 amide bonds. The van der Waals surface area contributed by atoms with E-state index in [4.69, 9.17) is 24.5 Å². The predicted octanol–water partition coefficient (Wildman–Crippen LogP) is 3.92. The van der Waals surface area contributed by atoms with Gasteiger partial charge in [0.05, 0.1) is 54.5 Å². The van der Waals surface area contributed by atoms with Crippen LogP contribution in [0.2, 0.25) is 0 Å². The number of ether oxygens (including phenoxy) is 3. The first-order chi connectivity index (χ1) is 20.5. The summed E-state index contributed by atoms with van der Waals surface area (Å²) in [7, 11) is 1.38. The molecule has 0 radical (unpaired) electrons. The fourth-order valence-corrected chi connectivity index (χ4v) is 5.26. The van der Waals surface area contributed by atoms with E-state index in [1.807, 2.05) is 30.3 Å². The zero-order chi connectivity index (χ0) is 29.1. The minimum absolute atomic E-state index is 0.0236. The lowest BCUT2D eigenvalue weighted by molar-refractivity contribution is -0.0592. The number of piperazine rings is 1. The van der Waals surface area contributed by atoms with E-state index in [1.54, 1.807) is 24.3 Å². The molecule has 2 aliphatic rings. The molecule has 0 aliphatic carbocycles. The van der Waals surface area contributed by atoms with Gasteiger partial charge in [-0.05, 0) is 42.8 Å². The third-order valence-electron chi connectivity index (χ3n) is 7.76. The van der Waals surface area contributed by atoms with E-state index in [1.165, 1.54) is 13.2 Å². The molecule has 2 saturated heterocycles. The molecule has 4 heterocycles. The number of methoxy groups -OCH3 is 1. The molecule has 11 heteroatoms. The lowest BCUT2D eigenvalue weighted by Gasteiger charge is -2.35. The Morgan fingerprint density at radius 3 is 2.67 bits per heavy atom. The second-order valence-electron chi connectivity index (χ2n) is 10.4. The first-order valence-corrected chi connectivity index (χ1v) is 14.0. The second kappa shape index (κ2) is 12.1. The van der Waals surface area contributed by atoms with E-state index in [0.717, 1.165) is 61.9 Å². The highest BCUT2D eigenvalue weighted by Crippen LogP contribution is 2.25. The van der Waals surface area contributed by atoms with Crippen molar-refractivity contribution in [2.45, 2.75) is 32.2 Å². The maximum atomic E-state index is 14.2. The summed E-state index contributed by atoms with van der Waals surface area (Å²) in [5.74, 6) is 1.32. The van der Waals surface area contributed by atoms with E-state index < -0.39 is 5.82 Å². The van der Waals surface area contributed by atoms with Gasteiger partial charge in [-0.3, -0.25) is 4.90 Å². The summed E-state index contributed by atoms with van der Waals surface area (Å²) >= 11 is 0. The van der Waals surface area contributed by atoms with Crippen LogP contribution in [0, 0.1) is 17.1 Å². The van der Waals surface area contributed by atoms with E-state index >= 15 is 0 Å². The van der Waals surface area contributed by atoms with Crippen molar-refractivity contribution >= 4 is 22.8 Å². The van der Waals surface area contributed by atoms with Gasteiger partial charge in [0.15, 0.2) is 0 Å². The summed E-state index contributed by atoms with van der Waals surface area (Å²) in [4.78, 5) is 26.3. The average Bonchev–Trinajstić information content (AvgIpc) is 3.34. The SMILES string of the molecule is COC(=O)c1ccc2nc(CN3CCN(c4cccc(OCc5ccc(C#N)cc5F)n4)CC3)n(C[C@@H]3CCO3)c2c1. The maximum Gasteiger partial charge on any atom is 0.337 e. The third kappa shape index (κ3) is 5.91. The van der Waals surface area contributed by atoms with Crippen molar-refractivity contribution in [2.24, 2.45) is 0 Å². The number of fused-ring (bicyclic) bond motifs is 1. The van der Waals surface area contributed by atoms with Crippen LogP contribution in [0.15, 0.2) is 54.6 Å². The van der Waals surface area contributed by atoms with Crippen molar-refractivity contribution in [3.8, 4) is 11.9 Å². The number of carbonyl (C=O) groups is 1. The van der Waals surface area contributed by atoms with Crippen molar-refractivity contribution in [3.05, 3.63) is 82.9 Å². The van der Waals surface area contributed by atoms with Gasteiger partial charge in [-0.15, -0.1) is 0 Å². The Balaban J connectivity index is 1.10. The lowest BCUT2D eigenvalue weighted by Crippen LogP contribution is -2.46. The number of nitriles is 1. The van der Waals surface area contributed by atoms with Gasteiger partial charge < -0.3 is 23.7 Å². The molecule has 4 aromatic rings. The Morgan fingerprint density at radius 1 is 1.12 bits per heavy atom. The summed E-state index contributed by atoms with van der Waals surface area (Å²) in [6, 6.07) is 17.3. The van der Waals surface area contributed by atoms with Crippen LogP contribution in [-0.4, -0.2) is 71.4 Å². The number of hydrogen-bond acceptors (Lipinski definition) is 9. The number of nitrogens with zero attached hydrogens (tertiary/aromatic N) is 6. The van der Waals surface area contributed by atoms with Gasteiger partial charge in [-0.25, -0.2) is 14.2 Å². The van der Waals surface area contributed by atoms with Gasteiger partial charge in [0, 0.05) is 44.4 Å². The standard InChI is InChI=1S/C31H31FN6O4/c1-40-31(39)22-7-8-26-27(16-22)38(18-24-9-14-41-24)29(34-26)19-36-10-12-37(13-11-36)28-3-2-4-30(35-28)42-20-23-6-5-21(17-33)15-25(23)32/h2-8,15-16,24H,9-14,18-20H2,1H3/t24-/m0/s1. The van der Waals surface area contributed by atoms with E-state index in [2.05, 4.69) is 19.4 Å². The highest BCUT2D eigenvalue weighted by atomic mass is 19.1. The van der Waals surface area contributed by atoms with E-state index in [9.17, 15) is 9.18 Å². The summed E-state index contributed by atoms with van der Waals surface area (Å²) in [5, 5.41) is 8.94. The zero-order valence-electron chi connectivity index (χ0n) is 23.3. The van der Waals surface area contributed by atoms with Crippen LogP contribution >= 0.6 is 0 Å². The number of pyridine rings is 1. The van der Waals surface area contributed by atoms with Gasteiger partial charge >= 0.3 is 5.97 Å². The van der Waals surface area contributed by atoms with Crippen LogP contribution in [-0.2, 0) is 29.2 Å². The minimum atomic E-state index is -0.473. The lowest BCUT2D eigenvalue weighted by atomic mass is 10.1. The Bertz CT molecular complexity index is 1640. The van der Waals surface area contributed by atoms with Gasteiger partial charge in [0.25, 0.3) is 0 Å². The van der Waals surface area contributed by atoms with Crippen LogP contribution in [0.1, 0.15) is 33.7 Å². The monoisotopic (exact) mass is 570 g/mol. The fourth-order valence-electron chi connectivity index (χ4n) is 5.26. The van der Waals surface area contributed by atoms with Crippen molar-refractivity contribution in [1.82, 2.24) is 19.4 Å². The number of anilines is 1. The number of carbonyl (C=O) groups excluding carboxylic acids is 1. The Morgan fingerprint density at radius 2 is 1.95 bits per heavy atom. The largest absolute Gasteiger partial charge is 0.473 e. The number of benzene rings is 2. The molecule has 42 heavy (non-hydrogen) atoms. The topological polar surface area (TPSA) is 106 Å². The molecule has 0 unspecified atom stereocenters. The number of rotatable bonds is 9. The van der Waals surface area contributed by atoms with Gasteiger partial charge in [0.2, 0.25) is 5.88 Å². The molecule has 0 saturated carbocycles. The molecule has 10 nitrogen and oxygen atoms in total. The number of halogens is 1. The third-order valence-corrected chi connectivity index (χ3v) is 7.76. The van der Waals surface area contributed by atoms with Crippen LogP contribution in [0.3, 0.4) is 0 Å². The highest BCUT2D eigenvalue weighted by Gasteiger charge is 2.25. The normalized spacial score (nSPS) is 17.1. The summed E-state index contributed by atoms with van der Waals surface area (Å²) in [6.07, 6.45) is 1.15. The van der Waals surface area contributed by atoms with Gasteiger partial charge in [-0.1, -0.05) is 12.1 Å². The molecule has 216 valence electrons. The van der Waals surface area contributed by atoms with Crippen molar-refractivity contribution in [3.63, 3.8) is 0 Å². The first kappa shape index (κ1) is 27.6. The molecule has 2 aliphatic heterocycles.